The third kappa shape index (κ3) is 5.03. The maximum absolute atomic E-state index is 12.4. The van der Waals surface area contributed by atoms with Gasteiger partial charge in [0, 0.05) is 6.54 Å². The van der Waals surface area contributed by atoms with E-state index in [4.69, 9.17) is 0 Å². The van der Waals surface area contributed by atoms with Crippen molar-refractivity contribution in [2.45, 2.75) is 32.1 Å². The standard InChI is InChI=1S/C19H18N6OS.C2H6/c1-13-6-7-15-17(12-13)27-24-18(23-15)19(26)20-9-8-14-4-2-3-5-16(14)25-21-10-11-22-25;1-2/h2-7,10-12H,8-9H2,1H3,(H,20,26)(H,23,24);1-2H3. The van der Waals surface area contributed by atoms with E-state index in [1.54, 1.807) is 17.2 Å². The van der Waals surface area contributed by atoms with Crippen LogP contribution in [-0.4, -0.2) is 33.3 Å². The zero-order chi connectivity index (χ0) is 20.6. The maximum Gasteiger partial charge on any atom is 0.287 e. The van der Waals surface area contributed by atoms with Crippen LogP contribution in [0.15, 0.2) is 64.7 Å². The number of para-hydroxylation sites is 1. The minimum Gasteiger partial charge on any atom is -0.349 e. The van der Waals surface area contributed by atoms with E-state index in [9.17, 15) is 4.79 Å². The predicted molar refractivity (Wildman–Crippen MR) is 117 cm³/mol. The Balaban J connectivity index is 0.00000117. The Labute approximate surface area is 174 Å². The number of amidine groups is 1. The molecule has 0 saturated carbocycles. The summed E-state index contributed by atoms with van der Waals surface area (Å²) in [4.78, 5) is 19.5. The number of hydrogen-bond acceptors (Lipinski definition) is 6. The number of aryl methyl sites for hydroxylation is 1. The van der Waals surface area contributed by atoms with E-state index in [2.05, 4.69) is 25.2 Å². The van der Waals surface area contributed by atoms with Gasteiger partial charge in [0.15, 0.2) is 0 Å². The van der Waals surface area contributed by atoms with E-state index in [-0.39, 0.29) is 5.91 Å². The van der Waals surface area contributed by atoms with Gasteiger partial charge in [-0.25, -0.2) is 4.99 Å². The summed E-state index contributed by atoms with van der Waals surface area (Å²) in [5.41, 5.74) is 3.94. The highest BCUT2D eigenvalue weighted by molar-refractivity contribution is 7.98. The number of amides is 1. The van der Waals surface area contributed by atoms with Crippen molar-refractivity contribution in [2.24, 2.45) is 4.99 Å². The highest BCUT2D eigenvalue weighted by atomic mass is 32.2. The molecule has 0 atom stereocenters. The molecule has 0 radical (unpaired) electrons. The monoisotopic (exact) mass is 408 g/mol. The summed E-state index contributed by atoms with van der Waals surface area (Å²) in [5, 5.41) is 11.3. The van der Waals surface area contributed by atoms with E-state index in [0.717, 1.165) is 27.4 Å². The van der Waals surface area contributed by atoms with Crippen molar-refractivity contribution in [3.8, 4) is 5.69 Å². The third-order valence-corrected chi connectivity index (χ3v) is 4.97. The van der Waals surface area contributed by atoms with Gasteiger partial charge in [-0.3, -0.25) is 4.79 Å². The molecule has 2 N–H and O–H groups in total. The second-order valence-electron chi connectivity index (χ2n) is 6.09. The fourth-order valence-electron chi connectivity index (χ4n) is 2.79. The molecule has 4 rings (SSSR count). The average Bonchev–Trinajstić information content (AvgIpc) is 3.30. The van der Waals surface area contributed by atoms with Crippen molar-refractivity contribution < 1.29 is 4.79 Å². The molecule has 0 fully saturated rings. The Morgan fingerprint density at radius 1 is 1.14 bits per heavy atom. The molecule has 0 aliphatic carbocycles. The van der Waals surface area contributed by atoms with Gasteiger partial charge in [0.25, 0.3) is 5.91 Å². The van der Waals surface area contributed by atoms with Crippen molar-refractivity contribution in [1.82, 2.24) is 25.0 Å². The SMILES string of the molecule is CC.Cc1ccc2c(c1)SNC(C(=O)NCCc1ccccc1-n1nccn1)=N2. The van der Waals surface area contributed by atoms with Crippen LogP contribution in [0.5, 0.6) is 0 Å². The Bertz CT molecular complexity index is 1000. The molecule has 0 spiro atoms. The molecular formula is C21H24N6OS. The molecule has 0 saturated heterocycles. The first-order valence-corrected chi connectivity index (χ1v) is 10.4. The quantitative estimate of drug-likeness (QED) is 0.630. The number of aliphatic imine (C=N–C) groups is 1. The van der Waals surface area contributed by atoms with Crippen molar-refractivity contribution in [3.63, 3.8) is 0 Å². The summed E-state index contributed by atoms with van der Waals surface area (Å²) in [5.74, 6) is 0.0989. The number of carbonyl (C=O) groups excluding carboxylic acids is 1. The van der Waals surface area contributed by atoms with Crippen LogP contribution in [0, 0.1) is 6.92 Å². The van der Waals surface area contributed by atoms with Gasteiger partial charge in [0.05, 0.1) is 28.7 Å². The summed E-state index contributed by atoms with van der Waals surface area (Å²) < 4.78 is 3.02. The summed E-state index contributed by atoms with van der Waals surface area (Å²) in [6.45, 7) is 6.52. The fourth-order valence-corrected chi connectivity index (χ4v) is 3.60. The summed E-state index contributed by atoms with van der Waals surface area (Å²) in [6.07, 6.45) is 3.95. The number of nitrogens with zero attached hydrogens (tertiary/aromatic N) is 4. The lowest BCUT2D eigenvalue weighted by molar-refractivity contribution is -0.114. The van der Waals surface area contributed by atoms with Crippen molar-refractivity contribution in [3.05, 3.63) is 66.0 Å². The first-order chi connectivity index (χ1) is 14.2. The molecule has 0 bridgehead atoms. The largest absolute Gasteiger partial charge is 0.349 e. The van der Waals surface area contributed by atoms with Crippen LogP contribution in [0.3, 0.4) is 0 Å². The number of hydrogen-bond donors (Lipinski definition) is 2. The number of fused-ring (bicyclic) bond motifs is 1. The van der Waals surface area contributed by atoms with E-state index in [1.807, 2.05) is 63.2 Å². The lowest BCUT2D eigenvalue weighted by Gasteiger charge is -2.16. The van der Waals surface area contributed by atoms with Crippen LogP contribution in [0.1, 0.15) is 25.0 Å². The Morgan fingerprint density at radius 2 is 1.90 bits per heavy atom. The zero-order valence-electron chi connectivity index (χ0n) is 16.7. The number of aromatic nitrogens is 3. The van der Waals surface area contributed by atoms with E-state index < -0.39 is 0 Å². The van der Waals surface area contributed by atoms with Crippen LogP contribution in [0.4, 0.5) is 5.69 Å². The highest BCUT2D eigenvalue weighted by Gasteiger charge is 2.18. The molecule has 1 aliphatic rings. The fraction of sp³-hybridized carbons (Fsp3) is 0.238. The molecule has 29 heavy (non-hydrogen) atoms. The molecule has 3 aromatic rings. The highest BCUT2D eigenvalue weighted by Crippen LogP contribution is 2.31. The minimum absolute atomic E-state index is 0.219. The van der Waals surface area contributed by atoms with Crippen LogP contribution in [0.25, 0.3) is 5.69 Å². The van der Waals surface area contributed by atoms with Crippen molar-refractivity contribution in [1.29, 1.82) is 0 Å². The Morgan fingerprint density at radius 3 is 2.69 bits per heavy atom. The smallest absolute Gasteiger partial charge is 0.287 e. The van der Waals surface area contributed by atoms with E-state index in [1.165, 1.54) is 11.9 Å². The molecule has 1 amide bonds. The van der Waals surface area contributed by atoms with Gasteiger partial charge in [-0.05, 0) is 54.6 Å². The molecule has 8 heteroatoms. The summed E-state index contributed by atoms with van der Waals surface area (Å²) >= 11 is 1.41. The van der Waals surface area contributed by atoms with Crippen LogP contribution in [-0.2, 0) is 11.2 Å². The molecule has 0 unspecified atom stereocenters. The van der Waals surface area contributed by atoms with Crippen LogP contribution < -0.4 is 10.0 Å². The van der Waals surface area contributed by atoms with Gasteiger partial charge in [-0.2, -0.15) is 15.0 Å². The van der Waals surface area contributed by atoms with E-state index >= 15 is 0 Å². The molecule has 2 aromatic carbocycles. The van der Waals surface area contributed by atoms with Crippen molar-refractivity contribution in [2.75, 3.05) is 6.54 Å². The summed E-state index contributed by atoms with van der Waals surface area (Å²) in [6, 6.07) is 13.8. The predicted octanol–water partition coefficient (Wildman–Crippen LogP) is 3.60. The number of nitrogens with one attached hydrogen (secondary N) is 2. The third-order valence-electron chi connectivity index (χ3n) is 4.13. The van der Waals surface area contributed by atoms with Gasteiger partial charge in [-0.15, -0.1) is 0 Å². The maximum atomic E-state index is 12.4. The second kappa shape index (κ2) is 9.88. The second-order valence-corrected chi connectivity index (χ2v) is 6.94. The Hall–Kier alpha value is -3.13. The molecule has 7 nitrogen and oxygen atoms in total. The molecule has 1 aromatic heterocycles. The molecule has 2 heterocycles. The number of benzene rings is 2. The molecule has 1 aliphatic heterocycles. The first-order valence-electron chi connectivity index (χ1n) is 9.56. The van der Waals surface area contributed by atoms with Crippen LogP contribution >= 0.6 is 11.9 Å². The lowest BCUT2D eigenvalue weighted by Crippen LogP contribution is -2.39. The normalized spacial score (nSPS) is 12.0. The summed E-state index contributed by atoms with van der Waals surface area (Å²) in [7, 11) is 0. The molecule has 150 valence electrons. The van der Waals surface area contributed by atoms with Crippen LogP contribution in [0.2, 0.25) is 0 Å². The lowest BCUT2D eigenvalue weighted by atomic mass is 10.1. The Kier molecular flexibility index (Phi) is 7.02. The average molecular weight is 409 g/mol. The molecular weight excluding hydrogens is 384 g/mol. The van der Waals surface area contributed by atoms with Crippen molar-refractivity contribution >= 4 is 29.4 Å². The van der Waals surface area contributed by atoms with Gasteiger partial charge >= 0.3 is 0 Å². The topological polar surface area (TPSA) is 84.2 Å². The van der Waals surface area contributed by atoms with Gasteiger partial charge < -0.3 is 10.0 Å². The number of rotatable bonds is 5. The first kappa shape index (κ1) is 20.6. The van der Waals surface area contributed by atoms with Gasteiger partial charge in [0.1, 0.15) is 0 Å². The van der Waals surface area contributed by atoms with Gasteiger partial charge in [-0.1, -0.05) is 38.1 Å². The van der Waals surface area contributed by atoms with E-state index in [0.29, 0.717) is 18.8 Å². The van der Waals surface area contributed by atoms with Gasteiger partial charge in [0.2, 0.25) is 5.84 Å². The zero-order valence-corrected chi connectivity index (χ0v) is 17.5. The number of carbonyl (C=O) groups is 1. The minimum atomic E-state index is -0.219.